The Kier molecular flexibility index (Phi) is 7.70. The zero-order valence-electron chi connectivity index (χ0n) is 20.0. The molecule has 1 fully saturated rings. The van der Waals surface area contributed by atoms with Gasteiger partial charge in [0.1, 0.15) is 23.2 Å². The van der Waals surface area contributed by atoms with Gasteiger partial charge in [-0.2, -0.15) is 0 Å². The van der Waals surface area contributed by atoms with Crippen molar-refractivity contribution in [1.29, 1.82) is 0 Å². The fraction of sp³-hybridized carbons (Fsp3) is 0.560. The van der Waals surface area contributed by atoms with Crippen LogP contribution in [0.3, 0.4) is 0 Å². The van der Waals surface area contributed by atoms with Crippen LogP contribution in [0.15, 0.2) is 22.7 Å². The van der Waals surface area contributed by atoms with E-state index >= 15 is 0 Å². The standard InChI is InChI=1S/C25H34FN5O3/c1-16-23(17(2)34-30-16)29-25(33)28-21(14-18-6-4-3-5-7-18)24(32)27-11-13-31-12-10-19-15-20(26)8-9-22(19)31/h8-9,15,18,21H,3-7,10-14H2,1-2H3,(H,27,32)(H2,28,29,33)/t21-/m0/s1. The van der Waals surface area contributed by atoms with Crippen LogP contribution in [0.5, 0.6) is 0 Å². The molecule has 0 saturated heterocycles. The van der Waals surface area contributed by atoms with E-state index in [0.717, 1.165) is 37.1 Å². The molecule has 34 heavy (non-hydrogen) atoms. The van der Waals surface area contributed by atoms with Crippen LogP contribution < -0.4 is 20.9 Å². The summed E-state index contributed by atoms with van der Waals surface area (Å²) in [6.45, 7) is 5.37. The number of rotatable bonds is 8. The molecule has 0 radical (unpaired) electrons. The number of benzene rings is 1. The van der Waals surface area contributed by atoms with E-state index in [4.69, 9.17) is 4.52 Å². The number of urea groups is 1. The molecule has 3 N–H and O–H groups in total. The van der Waals surface area contributed by atoms with Gasteiger partial charge in [0.15, 0.2) is 5.76 Å². The van der Waals surface area contributed by atoms with Gasteiger partial charge in [0.2, 0.25) is 5.91 Å². The summed E-state index contributed by atoms with van der Waals surface area (Å²) in [5.74, 6) is 0.536. The number of fused-ring (bicyclic) bond motifs is 1. The maximum atomic E-state index is 13.5. The number of carbonyl (C=O) groups excluding carboxylic acids is 2. The quantitative estimate of drug-likeness (QED) is 0.539. The highest BCUT2D eigenvalue weighted by Crippen LogP contribution is 2.29. The van der Waals surface area contributed by atoms with Crippen molar-refractivity contribution >= 4 is 23.3 Å². The van der Waals surface area contributed by atoms with Crippen molar-refractivity contribution in [3.63, 3.8) is 0 Å². The maximum Gasteiger partial charge on any atom is 0.320 e. The largest absolute Gasteiger partial charge is 0.369 e. The summed E-state index contributed by atoms with van der Waals surface area (Å²) in [5, 5.41) is 12.5. The molecular formula is C25H34FN5O3. The molecule has 1 aromatic carbocycles. The van der Waals surface area contributed by atoms with Gasteiger partial charge >= 0.3 is 6.03 Å². The fourth-order valence-corrected chi connectivity index (χ4v) is 5.07. The van der Waals surface area contributed by atoms with E-state index in [1.165, 1.54) is 25.3 Å². The van der Waals surface area contributed by atoms with Gasteiger partial charge in [-0.3, -0.25) is 4.79 Å². The molecule has 1 aliphatic heterocycles. The number of halogens is 1. The summed E-state index contributed by atoms with van der Waals surface area (Å²) < 4.78 is 18.6. The number of nitrogens with one attached hydrogen (secondary N) is 3. The van der Waals surface area contributed by atoms with Gasteiger partial charge in [-0.15, -0.1) is 0 Å². The number of aromatic nitrogens is 1. The number of hydrogen-bond acceptors (Lipinski definition) is 5. The molecule has 1 aliphatic carbocycles. The van der Waals surface area contributed by atoms with Crippen LogP contribution in [0.25, 0.3) is 0 Å². The Balaban J connectivity index is 1.34. The van der Waals surface area contributed by atoms with Crippen LogP contribution in [0.2, 0.25) is 0 Å². The van der Waals surface area contributed by atoms with E-state index in [1.54, 1.807) is 26.0 Å². The van der Waals surface area contributed by atoms with Gasteiger partial charge in [0.05, 0.1) is 0 Å². The molecular weight excluding hydrogens is 437 g/mol. The third kappa shape index (κ3) is 5.87. The second kappa shape index (κ2) is 10.9. The molecule has 0 bridgehead atoms. The molecule has 0 unspecified atom stereocenters. The van der Waals surface area contributed by atoms with E-state index in [2.05, 4.69) is 26.0 Å². The van der Waals surface area contributed by atoms with E-state index < -0.39 is 12.1 Å². The zero-order valence-corrected chi connectivity index (χ0v) is 20.0. The van der Waals surface area contributed by atoms with Crippen molar-refractivity contribution in [2.45, 2.75) is 64.8 Å². The molecule has 2 heterocycles. The molecule has 1 saturated carbocycles. The molecule has 1 aromatic heterocycles. The van der Waals surface area contributed by atoms with E-state index in [-0.39, 0.29) is 11.7 Å². The smallest absolute Gasteiger partial charge is 0.320 e. The second-order valence-corrected chi connectivity index (χ2v) is 9.39. The Bertz CT molecular complexity index is 998. The average molecular weight is 472 g/mol. The van der Waals surface area contributed by atoms with Gasteiger partial charge in [0.25, 0.3) is 0 Å². The second-order valence-electron chi connectivity index (χ2n) is 9.39. The first-order valence-electron chi connectivity index (χ1n) is 12.2. The molecule has 1 atom stereocenters. The molecule has 0 spiro atoms. The molecule has 8 nitrogen and oxygen atoms in total. The molecule has 4 rings (SSSR count). The van der Waals surface area contributed by atoms with Crippen LogP contribution in [-0.4, -0.2) is 42.8 Å². The topological polar surface area (TPSA) is 99.5 Å². The summed E-state index contributed by atoms with van der Waals surface area (Å²) in [6.07, 6.45) is 7.14. The minimum absolute atomic E-state index is 0.182. The summed E-state index contributed by atoms with van der Waals surface area (Å²) in [7, 11) is 0. The Labute approximate surface area is 199 Å². The first kappa shape index (κ1) is 24.0. The van der Waals surface area contributed by atoms with Crippen molar-refractivity contribution in [3.8, 4) is 0 Å². The highest BCUT2D eigenvalue weighted by molar-refractivity contribution is 5.94. The minimum Gasteiger partial charge on any atom is -0.369 e. The van der Waals surface area contributed by atoms with Gasteiger partial charge in [0, 0.05) is 25.3 Å². The lowest BCUT2D eigenvalue weighted by Crippen LogP contribution is -2.50. The Morgan fingerprint density at radius 1 is 1.24 bits per heavy atom. The number of amides is 3. The monoisotopic (exact) mass is 471 g/mol. The van der Waals surface area contributed by atoms with Gasteiger partial charge in [-0.05, 0) is 56.4 Å². The van der Waals surface area contributed by atoms with Crippen LogP contribution >= 0.6 is 0 Å². The first-order chi connectivity index (χ1) is 16.4. The summed E-state index contributed by atoms with van der Waals surface area (Å²) in [6, 6.07) is 3.78. The average Bonchev–Trinajstić information content (AvgIpc) is 3.36. The highest BCUT2D eigenvalue weighted by Gasteiger charge is 2.27. The Morgan fingerprint density at radius 3 is 2.76 bits per heavy atom. The third-order valence-electron chi connectivity index (χ3n) is 6.90. The predicted molar refractivity (Wildman–Crippen MR) is 128 cm³/mol. The molecule has 9 heteroatoms. The fourth-order valence-electron chi connectivity index (χ4n) is 5.07. The van der Waals surface area contributed by atoms with E-state index in [9.17, 15) is 14.0 Å². The van der Waals surface area contributed by atoms with Crippen molar-refractivity contribution in [1.82, 2.24) is 15.8 Å². The zero-order chi connectivity index (χ0) is 24.1. The van der Waals surface area contributed by atoms with E-state index in [0.29, 0.717) is 42.6 Å². The number of aryl methyl sites for hydroxylation is 2. The highest BCUT2D eigenvalue weighted by atomic mass is 19.1. The first-order valence-corrected chi connectivity index (χ1v) is 12.2. The van der Waals surface area contributed by atoms with Crippen molar-refractivity contribution in [3.05, 3.63) is 41.0 Å². The predicted octanol–water partition coefficient (Wildman–Crippen LogP) is 4.07. The number of carbonyl (C=O) groups is 2. The van der Waals surface area contributed by atoms with E-state index in [1.807, 2.05) is 0 Å². The number of hydrogen-bond donors (Lipinski definition) is 3. The molecule has 2 aliphatic rings. The lowest BCUT2D eigenvalue weighted by atomic mass is 9.84. The normalized spacial score (nSPS) is 16.7. The van der Waals surface area contributed by atoms with Crippen molar-refractivity contribution < 1.29 is 18.5 Å². The van der Waals surface area contributed by atoms with Gasteiger partial charge in [-0.25, -0.2) is 9.18 Å². The number of anilines is 2. The van der Waals surface area contributed by atoms with Crippen LogP contribution in [0.1, 0.15) is 55.5 Å². The lowest BCUT2D eigenvalue weighted by molar-refractivity contribution is -0.123. The number of nitrogens with zero attached hydrogens (tertiary/aromatic N) is 2. The molecule has 3 amide bonds. The van der Waals surface area contributed by atoms with Gasteiger partial charge in [-0.1, -0.05) is 37.3 Å². The summed E-state index contributed by atoms with van der Waals surface area (Å²) in [4.78, 5) is 28.0. The Hall–Kier alpha value is -3.10. The van der Waals surface area contributed by atoms with Crippen LogP contribution in [-0.2, 0) is 11.2 Å². The van der Waals surface area contributed by atoms with Crippen molar-refractivity contribution in [2.24, 2.45) is 5.92 Å². The van der Waals surface area contributed by atoms with Crippen LogP contribution in [0, 0.1) is 25.6 Å². The van der Waals surface area contributed by atoms with Gasteiger partial charge < -0.3 is 25.4 Å². The maximum absolute atomic E-state index is 13.5. The van der Waals surface area contributed by atoms with Crippen molar-refractivity contribution in [2.75, 3.05) is 29.9 Å². The minimum atomic E-state index is -0.622. The Morgan fingerprint density at radius 2 is 2.03 bits per heavy atom. The SMILES string of the molecule is Cc1noc(C)c1NC(=O)N[C@@H](CC1CCCCC1)C(=O)NCCN1CCc2cc(F)ccc21. The molecule has 184 valence electrons. The molecule has 2 aromatic rings. The summed E-state index contributed by atoms with van der Waals surface area (Å²) >= 11 is 0. The van der Waals surface area contributed by atoms with Crippen LogP contribution in [0.4, 0.5) is 20.6 Å². The third-order valence-corrected chi connectivity index (χ3v) is 6.90. The summed E-state index contributed by atoms with van der Waals surface area (Å²) in [5.41, 5.74) is 3.13. The lowest BCUT2D eigenvalue weighted by Gasteiger charge is -2.27.